The fourth-order valence-electron chi connectivity index (χ4n) is 2.76. The van der Waals surface area contributed by atoms with E-state index in [0.717, 1.165) is 17.9 Å². The van der Waals surface area contributed by atoms with Gasteiger partial charge in [0.25, 0.3) is 6.33 Å². The Morgan fingerprint density at radius 2 is 1.57 bits per heavy atom. The number of aromatic nitrogens is 3. The van der Waals surface area contributed by atoms with Gasteiger partial charge in [0.2, 0.25) is 5.82 Å². The Hall–Kier alpha value is -2.21. The van der Waals surface area contributed by atoms with Crippen LogP contribution < -0.4 is 28.5 Å². The van der Waals surface area contributed by atoms with Crippen molar-refractivity contribution in [2.24, 2.45) is 0 Å². The van der Waals surface area contributed by atoms with E-state index < -0.39 is 0 Å². The Morgan fingerprint density at radius 3 is 2.35 bits per heavy atom. The van der Waals surface area contributed by atoms with Crippen LogP contribution in [0.3, 0.4) is 0 Å². The van der Waals surface area contributed by atoms with Gasteiger partial charge in [0.15, 0.2) is 11.0 Å². The molecule has 0 unspecified atom stereocenters. The molecule has 0 fully saturated rings. The van der Waals surface area contributed by atoms with E-state index in [2.05, 4.69) is 69.0 Å². The van der Waals surface area contributed by atoms with Gasteiger partial charge in [-0.2, -0.15) is 4.57 Å². The normalized spacial score (nSPS) is 10.4. The molecule has 3 nitrogen and oxygen atoms in total. The number of para-hydroxylation sites is 2. The second-order valence-corrected chi connectivity index (χ2v) is 5.28. The number of nitrogens with zero attached hydrogens (tertiary/aromatic N) is 3. The molecule has 4 rings (SSSR count). The van der Waals surface area contributed by atoms with Crippen LogP contribution in [0.25, 0.3) is 16.9 Å². The second-order valence-electron chi connectivity index (χ2n) is 5.28. The number of rotatable bonds is 3. The zero-order valence-electron chi connectivity index (χ0n) is 12.5. The molecule has 0 bridgehead atoms. The fourth-order valence-corrected chi connectivity index (χ4v) is 2.76. The lowest BCUT2D eigenvalue weighted by Gasteiger charge is -1.97. The van der Waals surface area contributed by atoms with Crippen molar-refractivity contribution in [2.45, 2.75) is 6.54 Å². The van der Waals surface area contributed by atoms with Crippen molar-refractivity contribution in [3.05, 3.63) is 90.9 Å². The first kappa shape index (κ1) is 15.7. The molecule has 0 atom stereocenters. The van der Waals surface area contributed by atoms with E-state index in [1.165, 1.54) is 11.1 Å². The van der Waals surface area contributed by atoms with E-state index >= 15 is 0 Å². The molecule has 2 aromatic carbocycles. The summed E-state index contributed by atoms with van der Waals surface area (Å²) in [6.07, 6.45) is 3.95. The van der Waals surface area contributed by atoms with Gasteiger partial charge in [-0.15, -0.1) is 0 Å². The molecule has 0 N–H and O–H groups in total. The molecule has 0 aliphatic heterocycles. The molecule has 0 saturated heterocycles. The number of pyridine rings is 1. The zero-order valence-corrected chi connectivity index (χ0v) is 14.7. The first-order valence-corrected chi connectivity index (χ1v) is 7.37. The van der Waals surface area contributed by atoms with Crippen molar-refractivity contribution in [2.75, 3.05) is 0 Å². The molecular formula is C19H16IN3. The van der Waals surface area contributed by atoms with Crippen molar-refractivity contribution in [1.82, 2.24) is 9.55 Å². The molecule has 23 heavy (non-hydrogen) atoms. The maximum Gasteiger partial charge on any atom is 0.251 e. The number of imidazole rings is 1. The summed E-state index contributed by atoms with van der Waals surface area (Å²) in [5.41, 5.74) is 3.66. The molecule has 4 heteroatoms. The summed E-state index contributed by atoms with van der Waals surface area (Å²) in [7, 11) is 0. The highest BCUT2D eigenvalue weighted by atomic mass is 127. The minimum atomic E-state index is 0. The van der Waals surface area contributed by atoms with Gasteiger partial charge in [0.05, 0.1) is 0 Å². The van der Waals surface area contributed by atoms with Crippen LogP contribution in [0.15, 0.2) is 85.3 Å². The van der Waals surface area contributed by atoms with Crippen LogP contribution in [0.5, 0.6) is 0 Å². The topological polar surface area (TPSA) is 21.7 Å². The van der Waals surface area contributed by atoms with Gasteiger partial charge < -0.3 is 24.0 Å². The second kappa shape index (κ2) is 6.91. The van der Waals surface area contributed by atoms with Crippen LogP contribution in [0.1, 0.15) is 5.56 Å². The van der Waals surface area contributed by atoms with Crippen LogP contribution >= 0.6 is 0 Å². The maximum atomic E-state index is 4.47. The summed E-state index contributed by atoms with van der Waals surface area (Å²) in [6, 6.07) is 24.9. The molecule has 0 aliphatic carbocycles. The van der Waals surface area contributed by atoms with Crippen LogP contribution in [0.4, 0.5) is 0 Å². The predicted molar refractivity (Wildman–Crippen MR) is 86.8 cm³/mol. The minimum absolute atomic E-state index is 0. The van der Waals surface area contributed by atoms with Crippen LogP contribution in [0.2, 0.25) is 0 Å². The lowest BCUT2D eigenvalue weighted by Crippen LogP contribution is -3.00. The first-order chi connectivity index (χ1) is 10.9. The van der Waals surface area contributed by atoms with Crippen LogP contribution in [0, 0.1) is 0 Å². The Kier molecular flexibility index (Phi) is 4.71. The lowest BCUT2D eigenvalue weighted by atomic mass is 10.2. The molecule has 0 radical (unpaired) electrons. The third kappa shape index (κ3) is 3.12. The quantitative estimate of drug-likeness (QED) is 0.351. The van der Waals surface area contributed by atoms with Gasteiger partial charge in [-0.05, 0) is 23.8 Å². The molecule has 0 spiro atoms. The Balaban J connectivity index is 0.00000156. The summed E-state index contributed by atoms with van der Waals surface area (Å²) in [4.78, 5) is 4.47. The Bertz CT molecular complexity index is 902. The smallest absolute Gasteiger partial charge is 0.251 e. The van der Waals surface area contributed by atoms with Gasteiger partial charge >= 0.3 is 0 Å². The average Bonchev–Trinajstić information content (AvgIpc) is 2.96. The average molecular weight is 413 g/mol. The van der Waals surface area contributed by atoms with E-state index in [9.17, 15) is 0 Å². The van der Waals surface area contributed by atoms with Crippen molar-refractivity contribution >= 4 is 11.0 Å². The zero-order chi connectivity index (χ0) is 14.8. The van der Waals surface area contributed by atoms with E-state index in [1.54, 1.807) is 0 Å². The predicted octanol–water partition coefficient (Wildman–Crippen LogP) is 0.365. The van der Waals surface area contributed by atoms with Crippen LogP contribution in [-0.4, -0.2) is 9.55 Å². The summed E-state index contributed by atoms with van der Waals surface area (Å²) in [6.45, 7) is 0.848. The van der Waals surface area contributed by atoms with E-state index in [1.807, 2.05) is 30.5 Å². The van der Waals surface area contributed by atoms with E-state index in [-0.39, 0.29) is 24.0 Å². The third-order valence-corrected chi connectivity index (χ3v) is 3.80. The highest BCUT2D eigenvalue weighted by Gasteiger charge is 2.17. The molecule has 0 saturated carbocycles. The first-order valence-electron chi connectivity index (χ1n) is 7.37. The van der Waals surface area contributed by atoms with Crippen molar-refractivity contribution < 1.29 is 28.5 Å². The Labute approximate surface area is 152 Å². The van der Waals surface area contributed by atoms with Crippen LogP contribution in [-0.2, 0) is 6.54 Å². The van der Waals surface area contributed by atoms with Gasteiger partial charge in [-0.1, -0.05) is 48.5 Å². The molecule has 2 heterocycles. The number of hydrogen-bond acceptors (Lipinski definition) is 1. The summed E-state index contributed by atoms with van der Waals surface area (Å²) in [5.74, 6) is 0.936. The molecule has 2 aromatic heterocycles. The van der Waals surface area contributed by atoms with Gasteiger partial charge in [-0.3, -0.25) is 0 Å². The number of benzene rings is 2. The number of halogens is 1. The van der Waals surface area contributed by atoms with E-state index in [0.29, 0.717) is 0 Å². The molecule has 0 amide bonds. The largest absolute Gasteiger partial charge is 1.00 e. The van der Waals surface area contributed by atoms with Gasteiger partial charge in [0, 0.05) is 12.3 Å². The SMILES string of the molecule is [I-].c1ccc(C[n+]2cn(-c3ccccn3)c3ccccc32)cc1. The van der Waals surface area contributed by atoms with Crippen molar-refractivity contribution in [3.8, 4) is 5.82 Å². The summed E-state index contributed by atoms with van der Waals surface area (Å²) >= 11 is 0. The highest BCUT2D eigenvalue weighted by Crippen LogP contribution is 2.15. The number of fused-ring (bicyclic) bond motifs is 1. The number of hydrogen-bond donors (Lipinski definition) is 0. The minimum Gasteiger partial charge on any atom is -1.00 e. The van der Waals surface area contributed by atoms with Crippen molar-refractivity contribution in [3.63, 3.8) is 0 Å². The molecule has 114 valence electrons. The lowest BCUT2D eigenvalue weighted by molar-refractivity contribution is -0.662. The standard InChI is InChI=1S/C19H16N3.HI/c1-2-8-16(9-3-1)14-21-15-22(19-12-6-7-13-20-19)18-11-5-4-10-17(18)21;/h1-13,15H,14H2;1H/q+1;/p-1. The maximum absolute atomic E-state index is 4.47. The highest BCUT2D eigenvalue weighted by molar-refractivity contribution is 5.73. The summed E-state index contributed by atoms with van der Waals surface area (Å²) < 4.78 is 4.40. The molecular weight excluding hydrogens is 397 g/mol. The molecule has 0 aliphatic rings. The van der Waals surface area contributed by atoms with E-state index in [4.69, 9.17) is 0 Å². The van der Waals surface area contributed by atoms with Gasteiger partial charge in [-0.25, -0.2) is 9.55 Å². The van der Waals surface area contributed by atoms with Gasteiger partial charge in [0.1, 0.15) is 6.54 Å². The molecule has 4 aromatic rings. The monoisotopic (exact) mass is 413 g/mol. The van der Waals surface area contributed by atoms with Crippen molar-refractivity contribution in [1.29, 1.82) is 0 Å². The Morgan fingerprint density at radius 1 is 0.826 bits per heavy atom. The summed E-state index contributed by atoms with van der Waals surface area (Å²) in [5, 5.41) is 0. The fraction of sp³-hybridized carbons (Fsp3) is 0.0526. The third-order valence-electron chi connectivity index (χ3n) is 3.80.